The summed E-state index contributed by atoms with van der Waals surface area (Å²) in [4.78, 5) is 17.2. The number of thiophene rings is 1. The molecule has 0 saturated heterocycles. The van der Waals surface area contributed by atoms with Gasteiger partial charge in [0.15, 0.2) is 0 Å². The minimum Gasteiger partial charge on any atom is -0.321 e. The van der Waals surface area contributed by atoms with Crippen LogP contribution in [0.15, 0.2) is 60.0 Å². The molecule has 0 aliphatic heterocycles. The summed E-state index contributed by atoms with van der Waals surface area (Å²) in [5.74, 6) is -0.0820. The second kappa shape index (κ2) is 7.03. The largest absolute Gasteiger partial charge is 0.321 e. The molecular formula is C19H16N2OS. The maximum atomic E-state index is 12.1. The number of benzene rings is 1. The molecule has 0 atom stereocenters. The van der Waals surface area contributed by atoms with Gasteiger partial charge in [0.05, 0.1) is 10.6 Å². The van der Waals surface area contributed by atoms with Crippen molar-refractivity contribution < 1.29 is 4.79 Å². The number of amides is 1. The summed E-state index contributed by atoms with van der Waals surface area (Å²) in [6.45, 7) is 1.97. The molecule has 2 aromatic heterocycles. The van der Waals surface area contributed by atoms with Crippen LogP contribution in [0.4, 0.5) is 5.69 Å². The minimum absolute atomic E-state index is 0.0820. The summed E-state index contributed by atoms with van der Waals surface area (Å²) in [5, 5.41) is 4.81. The lowest BCUT2D eigenvalue weighted by Crippen LogP contribution is -2.09. The van der Waals surface area contributed by atoms with Crippen LogP contribution in [0.2, 0.25) is 0 Å². The fourth-order valence-electron chi connectivity index (χ4n) is 2.16. The SMILES string of the molecule is Cc1cccc(C=Cc2cccc(NC(=O)c3cccs3)c2)n1. The van der Waals surface area contributed by atoms with Crippen LogP contribution in [0.25, 0.3) is 12.2 Å². The molecule has 3 rings (SSSR count). The Balaban J connectivity index is 1.73. The number of nitrogens with one attached hydrogen (secondary N) is 1. The van der Waals surface area contributed by atoms with E-state index in [0.29, 0.717) is 4.88 Å². The van der Waals surface area contributed by atoms with Gasteiger partial charge in [-0.3, -0.25) is 9.78 Å². The van der Waals surface area contributed by atoms with E-state index >= 15 is 0 Å². The van der Waals surface area contributed by atoms with E-state index in [0.717, 1.165) is 22.6 Å². The Morgan fingerprint density at radius 3 is 2.74 bits per heavy atom. The molecular weight excluding hydrogens is 304 g/mol. The Hall–Kier alpha value is -2.72. The van der Waals surface area contributed by atoms with Gasteiger partial charge in [0.1, 0.15) is 0 Å². The zero-order chi connectivity index (χ0) is 16.1. The lowest BCUT2D eigenvalue weighted by atomic mass is 10.1. The molecule has 0 aliphatic carbocycles. The number of rotatable bonds is 4. The molecule has 0 spiro atoms. The van der Waals surface area contributed by atoms with E-state index in [1.807, 2.05) is 79.1 Å². The molecule has 2 heterocycles. The van der Waals surface area contributed by atoms with Crippen molar-refractivity contribution in [2.24, 2.45) is 0 Å². The quantitative estimate of drug-likeness (QED) is 0.745. The number of carbonyl (C=O) groups excluding carboxylic acids is 1. The Labute approximate surface area is 139 Å². The second-order valence-corrected chi connectivity index (χ2v) is 6.04. The minimum atomic E-state index is -0.0820. The van der Waals surface area contributed by atoms with E-state index in [2.05, 4.69) is 10.3 Å². The van der Waals surface area contributed by atoms with Crippen molar-refractivity contribution in [1.82, 2.24) is 4.98 Å². The van der Waals surface area contributed by atoms with E-state index in [1.54, 1.807) is 0 Å². The van der Waals surface area contributed by atoms with Gasteiger partial charge < -0.3 is 5.32 Å². The van der Waals surface area contributed by atoms with Crippen molar-refractivity contribution in [3.05, 3.63) is 81.8 Å². The van der Waals surface area contributed by atoms with Crippen LogP contribution >= 0.6 is 11.3 Å². The maximum absolute atomic E-state index is 12.1. The van der Waals surface area contributed by atoms with Gasteiger partial charge in [-0.2, -0.15) is 0 Å². The molecule has 1 aromatic carbocycles. The Kier molecular flexibility index (Phi) is 4.64. The van der Waals surface area contributed by atoms with Crippen LogP contribution in [0.3, 0.4) is 0 Å². The average Bonchev–Trinajstić information content (AvgIpc) is 3.08. The number of aryl methyl sites for hydroxylation is 1. The predicted octanol–water partition coefficient (Wildman–Crippen LogP) is 4.87. The number of carbonyl (C=O) groups is 1. The smallest absolute Gasteiger partial charge is 0.265 e. The van der Waals surface area contributed by atoms with Gasteiger partial charge in [-0.1, -0.05) is 30.3 Å². The number of pyridine rings is 1. The molecule has 4 heteroatoms. The van der Waals surface area contributed by atoms with Gasteiger partial charge in [-0.25, -0.2) is 0 Å². The first-order valence-electron chi connectivity index (χ1n) is 7.27. The number of aromatic nitrogens is 1. The molecule has 23 heavy (non-hydrogen) atoms. The second-order valence-electron chi connectivity index (χ2n) is 5.09. The van der Waals surface area contributed by atoms with Crippen LogP contribution in [0.1, 0.15) is 26.6 Å². The molecule has 3 aromatic rings. The highest BCUT2D eigenvalue weighted by Gasteiger charge is 2.06. The summed E-state index contributed by atoms with van der Waals surface area (Å²) in [6, 6.07) is 17.3. The van der Waals surface area contributed by atoms with E-state index in [1.165, 1.54) is 11.3 Å². The zero-order valence-electron chi connectivity index (χ0n) is 12.7. The summed E-state index contributed by atoms with van der Waals surface area (Å²) in [7, 11) is 0. The zero-order valence-corrected chi connectivity index (χ0v) is 13.5. The summed E-state index contributed by atoms with van der Waals surface area (Å²) >= 11 is 1.43. The van der Waals surface area contributed by atoms with E-state index in [4.69, 9.17) is 0 Å². The first kappa shape index (κ1) is 15.2. The Morgan fingerprint density at radius 1 is 1.09 bits per heavy atom. The van der Waals surface area contributed by atoms with Gasteiger partial charge in [0, 0.05) is 11.4 Å². The van der Waals surface area contributed by atoms with E-state index in [9.17, 15) is 4.79 Å². The summed E-state index contributed by atoms with van der Waals surface area (Å²) < 4.78 is 0. The predicted molar refractivity (Wildman–Crippen MR) is 96.6 cm³/mol. The molecule has 0 fully saturated rings. The van der Waals surface area contributed by atoms with Crippen LogP contribution in [-0.2, 0) is 0 Å². The van der Waals surface area contributed by atoms with Crippen molar-refractivity contribution in [3.8, 4) is 0 Å². The van der Waals surface area contributed by atoms with Crippen molar-refractivity contribution in [3.63, 3.8) is 0 Å². The van der Waals surface area contributed by atoms with Crippen LogP contribution in [-0.4, -0.2) is 10.9 Å². The number of hydrogen-bond donors (Lipinski definition) is 1. The van der Waals surface area contributed by atoms with Gasteiger partial charge in [0.2, 0.25) is 0 Å². The highest BCUT2D eigenvalue weighted by molar-refractivity contribution is 7.12. The highest BCUT2D eigenvalue weighted by Crippen LogP contribution is 2.16. The normalized spacial score (nSPS) is 10.8. The summed E-state index contributed by atoms with van der Waals surface area (Å²) in [6.07, 6.45) is 3.95. The number of hydrogen-bond acceptors (Lipinski definition) is 3. The van der Waals surface area contributed by atoms with Crippen LogP contribution in [0.5, 0.6) is 0 Å². The average molecular weight is 320 g/mol. The Bertz CT molecular complexity index is 838. The molecule has 1 N–H and O–H groups in total. The molecule has 0 radical (unpaired) electrons. The highest BCUT2D eigenvalue weighted by atomic mass is 32.1. The van der Waals surface area contributed by atoms with E-state index in [-0.39, 0.29) is 5.91 Å². The molecule has 0 saturated carbocycles. The number of nitrogens with zero attached hydrogens (tertiary/aromatic N) is 1. The van der Waals surface area contributed by atoms with Crippen molar-refractivity contribution in [2.45, 2.75) is 6.92 Å². The molecule has 0 aliphatic rings. The molecule has 3 nitrogen and oxygen atoms in total. The van der Waals surface area contributed by atoms with Crippen molar-refractivity contribution in [1.29, 1.82) is 0 Å². The molecule has 0 bridgehead atoms. The maximum Gasteiger partial charge on any atom is 0.265 e. The Morgan fingerprint density at radius 2 is 1.96 bits per heavy atom. The lowest BCUT2D eigenvalue weighted by Gasteiger charge is -2.04. The topological polar surface area (TPSA) is 42.0 Å². The standard InChI is InChI=1S/C19H16N2OS/c1-14-5-2-7-16(20-14)11-10-15-6-3-8-17(13-15)21-19(22)18-9-4-12-23-18/h2-13H,1H3,(H,21,22). The molecule has 114 valence electrons. The number of anilines is 1. The fraction of sp³-hybridized carbons (Fsp3) is 0.0526. The third-order valence-corrected chi connectivity index (χ3v) is 4.11. The van der Waals surface area contributed by atoms with Gasteiger partial charge in [-0.05, 0) is 54.3 Å². The third-order valence-electron chi connectivity index (χ3n) is 3.25. The van der Waals surface area contributed by atoms with Gasteiger partial charge in [-0.15, -0.1) is 11.3 Å². The monoisotopic (exact) mass is 320 g/mol. The van der Waals surface area contributed by atoms with Crippen molar-refractivity contribution in [2.75, 3.05) is 5.32 Å². The third kappa shape index (κ3) is 4.14. The van der Waals surface area contributed by atoms with Crippen LogP contribution in [0, 0.1) is 6.92 Å². The molecule has 1 amide bonds. The van der Waals surface area contributed by atoms with Crippen molar-refractivity contribution >= 4 is 35.1 Å². The van der Waals surface area contributed by atoms with Crippen LogP contribution < -0.4 is 5.32 Å². The summed E-state index contributed by atoms with van der Waals surface area (Å²) in [5.41, 5.74) is 3.70. The first-order valence-corrected chi connectivity index (χ1v) is 8.15. The lowest BCUT2D eigenvalue weighted by molar-refractivity contribution is 0.103. The van der Waals surface area contributed by atoms with Gasteiger partial charge in [0.25, 0.3) is 5.91 Å². The first-order chi connectivity index (χ1) is 11.2. The van der Waals surface area contributed by atoms with Gasteiger partial charge >= 0.3 is 0 Å². The fourth-order valence-corrected chi connectivity index (χ4v) is 2.78. The van der Waals surface area contributed by atoms with E-state index < -0.39 is 0 Å². The molecule has 0 unspecified atom stereocenters.